The van der Waals surface area contributed by atoms with Crippen molar-refractivity contribution in [2.75, 3.05) is 11.5 Å². The van der Waals surface area contributed by atoms with Crippen molar-refractivity contribution < 1.29 is 4.42 Å². The Labute approximate surface area is 150 Å². The number of hydrogen-bond donors (Lipinski definition) is 2. The topological polar surface area (TPSA) is 91.0 Å². The van der Waals surface area contributed by atoms with Crippen molar-refractivity contribution in [1.29, 1.82) is 0 Å². The minimum atomic E-state index is 0.376. The number of rotatable bonds is 2. The van der Waals surface area contributed by atoms with Crippen LogP contribution in [0.5, 0.6) is 0 Å². The number of pyridine rings is 2. The number of fused-ring (bicyclic) bond motifs is 2. The average molecular weight is 364 g/mol. The van der Waals surface area contributed by atoms with E-state index in [-0.39, 0.29) is 0 Å². The lowest BCUT2D eigenvalue weighted by molar-refractivity contribution is 0.632. The van der Waals surface area contributed by atoms with Crippen molar-refractivity contribution in [2.24, 2.45) is 0 Å². The van der Waals surface area contributed by atoms with Crippen LogP contribution in [0.1, 0.15) is 0 Å². The van der Waals surface area contributed by atoms with Crippen LogP contribution < -0.4 is 11.5 Å². The Morgan fingerprint density at radius 3 is 2.76 bits per heavy atom. The molecule has 5 rings (SSSR count). The molecule has 7 heteroatoms. The highest BCUT2D eigenvalue weighted by molar-refractivity contribution is 7.17. The second-order valence-corrected chi connectivity index (χ2v) is 7.46. The van der Waals surface area contributed by atoms with Crippen LogP contribution in [0.3, 0.4) is 0 Å². The van der Waals surface area contributed by atoms with E-state index in [1.54, 1.807) is 35.1 Å². The van der Waals surface area contributed by atoms with Crippen molar-refractivity contribution in [1.82, 2.24) is 9.97 Å². The van der Waals surface area contributed by atoms with Crippen molar-refractivity contribution in [3.8, 4) is 21.8 Å². The summed E-state index contributed by atoms with van der Waals surface area (Å²) in [6.45, 7) is 0. The summed E-state index contributed by atoms with van der Waals surface area (Å²) in [7, 11) is 0. The molecule has 5 aromatic rings. The van der Waals surface area contributed by atoms with Crippen LogP contribution in [-0.2, 0) is 0 Å². The number of nitrogens with two attached hydrogens (primary N) is 2. The average Bonchev–Trinajstić information content (AvgIpc) is 3.33. The molecule has 0 aromatic carbocycles. The standard InChI is InChI=1S/C18H12N4OS2/c19-13-2-4-24-17(13)11-6-22-18(20)16-10(11)5-14(23-16)12-8-25-15-7-21-3-1-9(12)15/h1-8H,19H2,(H2,20,22). The highest BCUT2D eigenvalue weighted by Gasteiger charge is 2.18. The third kappa shape index (κ3) is 2.13. The molecule has 0 saturated carbocycles. The summed E-state index contributed by atoms with van der Waals surface area (Å²) in [5.74, 6) is 1.14. The summed E-state index contributed by atoms with van der Waals surface area (Å²) in [6.07, 6.45) is 5.41. The lowest BCUT2D eigenvalue weighted by Gasteiger charge is -2.02. The molecule has 5 heterocycles. The first-order valence-electron chi connectivity index (χ1n) is 7.55. The molecule has 122 valence electrons. The van der Waals surface area contributed by atoms with Gasteiger partial charge in [0.1, 0.15) is 5.76 Å². The number of anilines is 2. The third-order valence-electron chi connectivity index (χ3n) is 4.17. The first-order chi connectivity index (χ1) is 12.2. The second-order valence-electron chi connectivity index (χ2n) is 5.64. The fourth-order valence-corrected chi connectivity index (χ4v) is 4.73. The van der Waals surface area contributed by atoms with Crippen molar-refractivity contribution in [3.63, 3.8) is 0 Å². The van der Waals surface area contributed by atoms with Gasteiger partial charge in [0.2, 0.25) is 0 Å². The molecule has 4 N–H and O–H groups in total. The summed E-state index contributed by atoms with van der Waals surface area (Å²) >= 11 is 3.22. The lowest BCUT2D eigenvalue weighted by Crippen LogP contribution is -1.92. The summed E-state index contributed by atoms with van der Waals surface area (Å²) in [5.41, 5.74) is 15.4. The second kappa shape index (κ2) is 5.30. The van der Waals surface area contributed by atoms with Crippen LogP contribution in [0.15, 0.2) is 52.0 Å². The first-order valence-corrected chi connectivity index (χ1v) is 9.31. The molecule has 0 amide bonds. The number of aromatic nitrogens is 2. The third-order valence-corrected chi connectivity index (χ3v) is 6.07. The number of furan rings is 1. The Kier molecular flexibility index (Phi) is 3.06. The van der Waals surface area contributed by atoms with E-state index in [0.29, 0.717) is 11.4 Å². The molecule has 5 nitrogen and oxygen atoms in total. The van der Waals surface area contributed by atoms with Gasteiger partial charge >= 0.3 is 0 Å². The smallest absolute Gasteiger partial charge is 0.177 e. The zero-order valence-electron chi connectivity index (χ0n) is 12.9. The van der Waals surface area contributed by atoms with Crippen LogP contribution in [-0.4, -0.2) is 9.97 Å². The van der Waals surface area contributed by atoms with Gasteiger partial charge in [0.25, 0.3) is 0 Å². The first kappa shape index (κ1) is 14.4. The van der Waals surface area contributed by atoms with Crippen LogP contribution in [0, 0.1) is 0 Å². The summed E-state index contributed by atoms with van der Waals surface area (Å²) in [4.78, 5) is 9.44. The molecule has 0 spiro atoms. The number of nitrogens with zero attached hydrogens (tertiary/aromatic N) is 2. The van der Waals surface area contributed by atoms with Gasteiger partial charge in [-0.05, 0) is 23.6 Å². The maximum absolute atomic E-state index is 6.09. The van der Waals surface area contributed by atoms with Gasteiger partial charge < -0.3 is 15.9 Å². The van der Waals surface area contributed by atoms with Gasteiger partial charge in [0, 0.05) is 45.9 Å². The normalized spacial score (nSPS) is 11.5. The van der Waals surface area contributed by atoms with Gasteiger partial charge in [-0.3, -0.25) is 4.98 Å². The van der Waals surface area contributed by atoms with Gasteiger partial charge in [0.15, 0.2) is 11.4 Å². The van der Waals surface area contributed by atoms with Crippen molar-refractivity contribution in [2.45, 2.75) is 0 Å². The van der Waals surface area contributed by atoms with E-state index in [1.807, 2.05) is 29.8 Å². The van der Waals surface area contributed by atoms with E-state index >= 15 is 0 Å². The van der Waals surface area contributed by atoms with E-state index in [9.17, 15) is 0 Å². The molecule has 0 unspecified atom stereocenters. The molecule has 0 aliphatic carbocycles. The predicted octanol–water partition coefficient (Wildman–Crippen LogP) is 5.00. The molecule has 0 aliphatic rings. The lowest BCUT2D eigenvalue weighted by atomic mass is 10.1. The van der Waals surface area contributed by atoms with Crippen LogP contribution >= 0.6 is 22.7 Å². The maximum Gasteiger partial charge on any atom is 0.177 e. The molecular formula is C18H12N4OS2. The number of nitrogen functional groups attached to an aromatic ring is 2. The fourth-order valence-electron chi connectivity index (χ4n) is 2.97. The summed E-state index contributed by atoms with van der Waals surface area (Å²) in [5, 5.41) is 6.08. The van der Waals surface area contributed by atoms with E-state index in [4.69, 9.17) is 15.9 Å². The van der Waals surface area contributed by atoms with Gasteiger partial charge in [-0.15, -0.1) is 22.7 Å². The monoisotopic (exact) mass is 364 g/mol. The molecular weight excluding hydrogens is 352 g/mol. The Bertz CT molecular complexity index is 1230. The maximum atomic E-state index is 6.09. The zero-order chi connectivity index (χ0) is 17.0. The Balaban J connectivity index is 1.79. The molecule has 0 bridgehead atoms. The van der Waals surface area contributed by atoms with Gasteiger partial charge in [0.05, 0.1) is 15.3 Å². The van der Waals surface area contributed by atoms with Crippen LogP contribution in [0.4, 0.5) is 11.5 Å². The largest absolute Gasteiger partial charge is 0.452 e. The molecule has 0 fully saturated rings. The van der Waals surface area contributed by atoms with Crippen molar-refractivity contribution in [3.05, 3.63) is 47.5 Å². The number of hydrogen-bond acceptors (Lipinski definition) is 7. The minimum absolute atomic E-state index is 0.376. The molecule has 0 saturated heterocycles. The molecule has 5 aromatic heterocycles. The van der Waals surface area contributed by atoms with Crippen LogP contribution in [0.2, 0.25) is 0 Å². The summed E-state index contributed by atoms with van der Waals surface area (Å²) < 4.78 is 7.21. The van der Waals surface area contributed by atoms with E-state index in [0.717, 1.165) is 42.9 Å². The zero-order valence-corrected chi connectivity index (χ0v) is 14.5. The highest BCUT2D eigenvalue weighted by atomic mass is 32.1. The van der Waals surface area contributed by atoms with Crippen molar-refractivity contribution >= 4 is 55.2 Å². The van der Waals surface area contributed by atoms with E-state index < -0.39 is 0 Å². The minimum Gasteiger partial charge on any atom is -0.452 e. The van der Waals surface area contributed by atoms with Gasteiger partial charge in [-0.25, -0.2) is 4.98 Å². The Morgan fingerprint density at radius 1 is 1.00 bits per heavy atom. The quantitative estimate of drug-likeness (QED) is 0.460. The SMILES string of the molecule is Nc1ccsc1-c1cnc(N)c2oc(-c3csc4cnccc34)cc12. The molecule has 0 atom stereocenters. The molecule has 0 aliphatic heterocycles. The van der Waals surface area contributed by atoms with E-state index in [1.165, 1.54) is 0 Å². The highest BCUT2D eigenvalue weighted by Crippen LogP contribution is 2.42. The fraction of sp³-hybridized carbons (Fsp3) is 0. The van der Waals surface area contributed by atoms with Gasteiger partial charge in [-0.2, -0.15) is 0 Å². The molecule has 25 heavy (non-hydrogen) atoms. The molecule has 0 radical (unpaired) electrons. The Hall–Kier alpha value is -2.90. The Morgan fingerprint density at radius 2 is 1.92 bits per heavy atom. The van der Waals surface area contributed by atoms with Crippen LogP contribution in [0.25, 0.3) is 42.8 Å². The summed E-state index contributed by atoms with van der Waals surface area (Å²) in [6, 6.07) is 5.90. The number of thiophene rings is 2. The predicted molar refractivity (Wildman–Crippen MR) is 105 cm³/mol. The van der Waals surface area contributed by atoms with Gasteiger partial charge in [-0.1, -0.05) is 0 Å². The van der Waals surface area contributed by atoms with E-state index in [2.05, 4.69) is 15.3 Å².